The van der Waals surface area contributed by atoms with Crippen LogP contribution in [0.4, 0.5) is 0 Å². The summed E-state index contributed by atoms with van der Waals surface area (Å²) in [7, 11) is 0. The molecule has 0 saturated carbocycles. The predicted molar refractivity (Wildman–Crippen MR) is 66.3 cm³/mol. The first-order valence-corrected chi connectivity index (χ1v) is 5.94. The molecule has 1 N–H and O–H groups in total. The maximum Gasteiger partial charge on any atom is 0.0458 e. The van der Waals surface area contributed by atoms with Crippen LogP contribution in [0.25, 0.3) is 10.9 Å². The van der Waals surface area contributed by atoms with E-state index in [1.807, 2.05) is 0 Å². The summed E-state index contributed by atoms with van der Waals surface area (Å²) in [5.41, 5.74) is 4.12. The van der Waals surface area contributed by atoms with Crippen molar-refractivity contribution in [2.45, 2.75) is 39.5 Å². The number of unbranched alkanes of at least 4 members (excludes halogenated alkanes) is 1. The molecule has 0 aliphatic rings. The first-order chi connectivity index (χ1) is 7.35. The maximum atomic E-state index is 3.46. The quantitative estimate of drug-likeness (QED) is 0.767. The Morgan fingerprint density at radius 3 is 2.80 bits per heavy atom. The highest BCUT2D eigenvalue weighted by molar-refractivity contribution is 5.83. The van der Waals surface area contributed by atoms with Gasteiger partial charge in [0.05, 0.1) is 0 Å². The number of nitrogens with one attached hydrogen (secondary N) is 1. The van der Waals surface area contributed by atoms with Gasteiger partial charge < -0.3 is 4.98 Å². The molecule has 0 fully saturated rings. The van der Waals surface area contributed by atoms with Crippen LogP contribution in [0.15, 0.2) is 24.3 Å². The van der Waals surface area contributed by atoms with Crippen LogP contribution < -0.4 is 0 Å². The first-order valence-electron chi connectivity index (χ1n) is 5.94. The van der Waals surface area contributed by atoms with E-state index < -0.39 is 0 Å². The van der Waals surface area contributed by atoms with Crippen LogP contribution in [-0.2, 0) is 12.8 Å². The summed E-state index contributed by atoms with van der Waals surface area (Å²) in [4.78, 5) is 3.46. The van der Waals surface area contributed by atoms with Gasteiger partial charge >= 0.3 is 0 Å². The van der Waals surface area contributed by atoms with E-state index >= 15 is 0 Å². The van der Waals surface area contributed by atoms with Crippen LogP contribution in [0.1, 0.15) is 37.9 Å². The number of hydrogen-bond donors (Lipinski definition) is 1. The van der Waals surface area contributed by atoms with Crippen LogP contribution in [0.2, 0.25) is 0 Å². The van der Waals surface area contributed by atoms with Crippen molar-refractivity contribution >= 4 is 10.9 Å². The fourth-order valence-corrected chi connectivity index (χ4v) is 2.05. The summed E-state index contributed by atoms with van der Waals surface area (Å²) in [5, 5.41) is 1.42. The highest BCUT2D eigenvalue weighted by Crippen LogP contribution is 2.21. The number of aromatic nitrogens is 1. The number of hydrogen-bond acceptors (Lipinski definition) is 0. The molecule has 2 aromatic rings. The second kappa shape index (κ2) is 4.52. The molecule has 0 unspecified atom stereocenters. The van der Waals surface area contributed by atoms with Gasteiger partial charge in [-0.05, 0) is 37.0 Å². The van der Waals surface area contributed by atoms with Gasteiger partial charge in [-0.1, -0.05) is 32.4 Å². The van der Waals surface area contributed by atoms with Crippen molar-refractivity contribution in [1.29, 1.82) is 0 Å². The Balaban J connectivity index is 2.40. The molecule has 0 aliphatic carbocycles. The van der Waals surface area contributed by atoms with Crippen molar-refractivity contribution in [3.8, 4) is 0 Å². The lowest BCUT2D eigenvalue weighted by molar-refractivity contribution is 0.799. The van der Waals surface area contributed by atoms with E-state index in [0.29, 0.717) is 0 Å². The van der Waals surface area contributed by atoms with E-state index in [2.05, 4.69) is 43.1 Å². The molecule has 0 amide bonds. The van der Waals surface area contributed by atoms with Crippen molar-refractivity contribution in [2.75, 3.05) is 0 Å². The van der Waals surface area contributed by atoms with Gasteiger partial charge in [0.25, 0.3) is 0 Å². The van der Waals surface area contributed by atoms with Crippen molar-refractivity contribution in [3.05, 3.63) is 35.5 Å². The average molecular weight is 201 g/mol. The molecule has 0 radical (unpaired) electrons. The summed E-state index contributed by atoms with van der Waals surface area (Å²) in [6, 6.07) is 8.89. The summed E-state index contributed by atoms with van der Waals surface area (Å²) in [5.74, 6) is 0. The average Bonchev–Trinajstić information content (AvgIpc) is 2.69. The van der Waals surface area contributed by atoms with E-state index in [0.717, 1.165) is 6.42 Å². The normalized spacial score (nSPS) is 11.1. The van der Waals surface area contributed by atoms with Crippen LogP contribution in [-0.4, -0.2) is 4.98 Å². The van der Waals surface area contributed by atoms with E-state index in [1.165, 1.54) is 41.4 Å². The molecule has 1 heteroatoms. The summed E-state index contributed by atoms with van der Waals surface area (Å²) in [6.07, 6.45) is 4.84. The van der Waals surface area contributed by atoms with E-state index in [-0.39, 0.29) is 0 Å². The van der Waals surface area contributed by atoms with Crippen LogP contribution >= 0.6 is 0 Å². The number of rotatable bonds is 4. The summed E-state index contributed by atoms with van der Waals surface area (Å²) < 4.78 is 0. The molecule has 1 heterocycles. The zero-order chi connectivity index (χ0) is 10.7. The van der Waals surface area contributed by atoms with Crippen molar-refractivity contribution < 1.29 is 0 Å². The van der Waals surface area contributed by atoms with Crippen molar-refractivity contribution in [3.63, 3.8) is 0 Å². The second-order valence-corrected chi connectivity index (χ2v) is 4.13. The van der Waals surface area contributed by atoms with Gasteiger partial charge in [-0.2, -0.15) is 0 Å². The molecule has 0 saturated heterocycles. The second-order valence-electron chi connectivity index (χ2n) is 4.13. The lowest BCUT2D eigenvalue weighted by Gasteiger charge is -2.01. The van der Waals surface area contributed by atoms with Gasteiger partial charge in [0.1, 0.15) is 0 Å². The standard InChI is InChI=1S/C14H19N/c1-3-5-7-11-8-6-9-14-13(11)10-12(4-2)15-14/h6,8-10,15H,3-5,7H2,1-2H3. The Kier molecular flexibility index (Phi) is 3.10. The number of fused-ring (bicyclic) bond motifs is 1. The minimum atomic E-state index is 1.09. The van der Waals surface area contributed by atoms with E-state index in [9.17, 15) is 0 Å². The summed E-state index contributed by atoms with van der Waals surface area (Å²) >= 11 is 0. The van der Waals surface area contributed by atoms with Crippen LogP contribution in [0.5, 0.6) is 0 Å². The first kappa shape index (κ1) is 10.3. The van der Waals surface area contributed by atoms with Crippen molar-refractivity contribution in [2.24, 2.45) is 0 Å². The smallest absolute Gasteiger partial charge is 0.0458 e. The lowest BCUT2D eigenvalue weighted by Crippen LogP contribution is -1.84. The fraction of sp³-hybridized carbons (Fsp3) is 0.429. The molecule has 2 rings (SSSR count). The minimum absolute atomic E-state index is 1.09. The number of benzene rings is 1. The molecule has 0 bridgehead atoms. The Morgan fingerprint density at radius 1 is 1.20 bits per heavy atom. The fourth-order valence-electron chi connectivity index (χ4n) is 2.05. The minimum Gasteiger partial charge on any atom is -0.358 e. The van der Waals surface area contributed by atoms with Gasteiger partial charge in [-0.25, -0.2) is 0 Å². The third-order valence-corrected chi connectivity index (χ3v) is 2.99. The third kappa shape index (κ3) is 2.06. The van der Waals surface area contributed by atoms with E-state index in [1.54, 1.807) is 0 Å². The third-order valence-electron chi connectivity index (χ3n) is 2.99. The predicted octanol–water partition coefficient (Wildman–Crippen LogP) is 4.07. The van der Waals surface area contributed by atoms with Gasteiger partial charge in [-0.15, -0.1) is 0 Å². The highest BCUT2D eigenvalue weighted by Gasteiger charge is 2.03. The number of aryl methyl sites for hydroxylation is 2. The molecule has 1 aromatic carbocycles. The lowest BCUT2D eigenvalue weighted by atomic mass is 10.0. The molecule has 80 valence electrons. The van der Waals surface area contributed by atoms with Gasteiger partial charge in [0, 0.05) is 16.6 Å². The number of aromatic amines is 1. The molecule has 0 atom stereocenters. The molecule has 1 nitrogen and oxygen atoms in total. The maximum absolute atomic E-state index is 3.46. The molecular formula is C14H19N. The zero-order valence-corrected chi connectivity index (χ0v) is 9.64. The monoisotopic (exact) mass is 201 g/mol. The van der Waals surface area contributed by atoms with Crippen LogP contribution in [0, 0.1) is 0 Å². The van der Waals surface area contributed by atoms with E-state index in [4.69, 9.17) is 0 Å². The number of H-pyrrole nitrogens is 1. The molecular weight excluding hydrogens is 182 g/mol. The molecule has 1 aromatic heterocycles. The Morgan fingerprint density at radius 2 is 2.07 bits per heavy atom. The SMILES string of the molecule is CCCCc1cccc2[nH]c(CC)cc12. The zero-order valence-electron chi connectivity index (χ0n) is 9.64. The largest absolute Gasteiger partial charge is 0.358 e. The topological polar surface area (TPSA) is 15.8 Å². The summed E-state index contributed by atoms with van der Waals surface area (Å²) in [6.45, 7) is 4.44. The van der Waals surface area contributed by atoms with Crippen LogP contribution in [0.3, 0.4) is 0 Å². The molecule has 0 spiro atoms. The highest BCUT2D eigenvalue weighted by atomic mass is 14.7. The van der Waals surface area contributed by atoms with Gasteiger partial charge in [0.15, 0.2) is 0 Å². The van der Waals surface area contributed by atoms with Gasteiger partial charge in [0.2, 0.25) is 0 Å². The van der Waals surface area contributed by atoms with Crippen molar-refractivity contribution in [1.82, 2.24) is 4.98 Å². The Labute approximate surface area is 91.5 Å². The molecule has 15 heavy (non-hydrogen) atoms. The molecule has 0 aliphatic heterocycles. The van der Waals surface area contributed by atoms with Gasteiger partial charge in [-0.3, -0.25) is 0 Å². The Hall–Kier alpha value is -1.24. The Bertz CT molecular complexity index is 440.